The van der Waals surface area contributed by atoms with Crippen LogP contribution in [0.2, 0.25) is 0 Å². The van der Waals surface area contributed by atoms with E-state index in [1.807, 2.05) is 13.8 Å². The summed E-state index contributed by atoms with van der Waals surface area (Å²) >= 11 is 0. The fourth-order valence-corrected chi connectivity index (χ4v) is 7.93. The van der Waals surface area contributed by atoms with Crippen LogP contribution in [0, 0.1) is 23.7 Å². The zero-order chi connectivity index (χ0) is 27.1. The van der Waals surface area contributed by atoms with Crippen LogP contribution >= 0.6 is 0 Å². The van der Waals surface area contributed by atoms with Crippen molar-refractivity contribution in [1.82, 2.24) is 20.7 Å². The van der Waals surface area contributed by atoms with Gasteiger partial charge in [0.25, 0.3) is 0 Å². The van der Waals surface area contributed by atoms with Gasteiger partial charge in [-0.25, -0.2) is 5.01 Å². The van der Waals surface area contributed by atoms with E-state index in [9.17, 15) is 4.79 Å². The highest BCUT2D eigenvalue weighted by molar-refractivity contribution is 6.11. The van der Waals surface area contributed by atoms with Crippen molar-refractivity contribution in [3.05, 3.63) is 0 Å². The van der Waals surface area contributed by atoms with Crippen molar-refractivity contribution in [2.75, 3.05) is 13.7 Å². The summed E-state index contributed by atoms with van der Waals surface area (Å²) in [5.41, 5.74) is 10.4. The molecular formula is C29H56BN5O2. The van der Waals surface area contributed by atoms with Gasteiger partial charge in [-0.1, -0.05) is 34.1 Å². The number of hydrogen-bond donors (Lipinski definition) is 4. The van der Waals surface area contributed by atoms with E-state index in [0.29, 0.717) is 30.1 Å². The Hall–Kier alpha value is -0.665. The Balaban J connectivity index is 0.000000907. The first kappa shape index (κ1) is 30.9. The molecule has 3 aliphatic heterocycles. The zero-order valence-electron chi connectivity index (χ0n) is 24.4. The fraction of sp³-hybridized carbons (Fsp3) is 0.966. The minimum atomic E-state index is -0.331. The lowest BCUT2D eigenvalue weighted by molar-refractivity contribution is -0.144. The Morgan fingerprint density at radius 3 is 2.14 bits per heavy atom. The van der Waals surface area contributed by atoms with Crippen molar-refractivity contribution in [2.45, 2.75) is 141 Å². The van der Waals surface area contributed by atoms with Crippen molar-refractivity contribution in [3.63, 3.8) is 0 Å². The molecule has 1 amide bonds. The van der Waals surface area contributed by atoms with Crippen LogP contribution in [0.25, 0.3) is 0 Å². The summed E-state index contributed by atoms with van der Waals surface area (Å²) in [7, 11) is 7.03. The Morgan fingerprint density at radius 2 is 1.59 bits per heavy atom. The summed E-state index contributed by atoms with van der Waals surface area (Å²) in [6.45, 7) is 9.43. The predicted molar refractivity (Wildman–Crippen MR) is 153 cm³/mol. The maximum absolute atomic E-state index is 13.7. The molecule has 0 spiro atoms. The number of carbonyl (C=O) groups is 1. The van der Waals surface area contributed by atoms with Crippen molar-refractivity contribution >= 4 is 13.8 Å². The summed E-state index contributed by atoms with van der Waals surface area (Å²) in [6, 6.07) is 2.01. The number of nitrogens with two attached hydrogens (primary N) is 1. The Kier molecular flexibility index (Phi) is 12.2. The van der Waals surface area contributed by atoms with Crippen molar-refractivity contribution in [3.8, 4) is 0 Å². The third kappa shape index (κ3) is 6.92. The molecule has 7 atom stereocenters. The monoisotopic (exact) mass is 517 g/mol. The average molecular weight is 518 g/mol. The average Bonchev–Trinajstić information content (AvgIpc) is 3.72. The fourth-order valence-electron chi connectivity index (χ4n) is 7.93. The number of amides is 1. The summed E-state index contributed by atoms with van der Waals surface area (Å²) in [6.07, 6.45) is 14.2. The molecule has 2 saturated carbocycles. The third-order valence-electron chi connectivity index (χ3n) is 9.76. The largest absolute Gasteiger partial charge is 0.400 e. The van der Waals surface area contributed by atoms with Gasteiger partial charge in [0.2, 0.25) is 5.91 Å². The zero-order valence-corrected chi connectivity index (χ0v) is 24.4. The smallest absolute Gasteiger partial charge is 0.228 e. The van der Waals surface area contributed by atoms with E-state index in [-0.39, 0.29) is 23.9 Å². The summed E-state index contributed by atoms with van der Waals surface area (Å²) in [5.74, 6) is 2.58. The normalized spacial score (nSPS) is 40.1. The molecule has 0 aromatic rings. The van der Waals surface area contributed by atoms with Crippen LogP contribution in [0.5, 0.6) is 0 Å². The van der Waals surface area contributed by atoms with Crippen LogP contribution in [0.3, 0.4) is 0 Å². The lowest BCUT2D eigenvalue weighted by Crippen LogP contribution is -2.62. The number of hydrogen-bond acceptors (Lipinski definition) is 6. The van der Waals surface area contributed by atoms with Gasteiger partial charge >= 0.3 is 0 Å². The Labute approximate surface area is 228 Å². The molecule has 3 saturated heterocycles. The van der Waals surface area contributed by atoms with Gasteiger partial charge in [0.15, 0.2) is 0 Å². The molecule has 5 rings (SSSR count). The molecule has 6 unspecified atom stereocenters. The molecule has 2 radical (unpaired) electrons. The van der Waals surface area contributed by atoms with Crippen molar-refractivity contribution in [1.29, 1.82) is 0 Å². The highest BCUT2D eigenvalue weighted by atomic mass is 16.2. The first-order chi connectivity index (χ1) is 18.0. The maximum Gasteiger partial charge on any atom is 0.228 e. The van der Waals surface area contributed by atoms with Crippen LogP contribution in [-0.4, -0.2) is 78.7 Å². The molecule has 2 aliphatic carbocycles. The molecule has 0 bridgehead atoms. The first-order valence-corrected chi connectivity index (χ1v) is 15.6. The van der Waals surface area contributed by atoms with Gasteiger partial charge in [0.1, 0.15) is 0 Å². The predicted octanol–water partition coefficient (Wildman–Crippen LogP) is 3.35. The van der Waals surface area contributed by atoms with Gasteiger partial charge in [-0.2, -0.15) is 0 Å². The molecule has 8 heteroatoms. The molecule has 37 heavy (non-hydrogen) atoms. The molecule has 5 aliphatic rings. The van der Waals surface area contributed by atoms with Crippen LogP contribution in [0.15, 0.2) is 0 Å². The topological polar surface area (TPSA) is 93.9 Å². The molecule has 5 N–H and O–H groups in total. The van der Waals surface area contributed by atoms with Crippen molar-refractivity contribution in [2.24, 2.45) is 29.4 Å². The minimum Gasteiger partial charge on any atom is -0.400 e. The number of hydrazine groups is 1. The minimum absolute atomic E-state index is 0.0895. The second-order valence-corrected chi connectivity index (χ2v) is 11.8. The number of fused-ring (bicyclic) bond motifs is 1. The molecule has 0 aromatic carbocycles. The number of nitrogens with zero attached hydrogens (tertiary/aromatic N) is 2. The highest BCUT2D eigenvalue weighted by Gasteiger charge is 2.52. The third-order valence-corrected chi connectivity index (χ3v) is 9.76. The van der Waals surface area contributed by atoms with E-state index in [1.165, 1.54) is 51.4 Å². The standard InChI is InChI=1S/C26H46BN5O.C2H6.CH4O/c1-3-5-20-24-21(4-2)31(26(33)19-12-13-23(27)29-25(19)28)15-14-22(24)32(30-20)18-10-8-17(9-11-18)16-6-7-16;2*1-2/h16-25,29-30H,3-15,28H2,1-2H3;1-2H3;2H,1H3/t17?,18?,19?,20?,21-,22?,23?,24?,25?;;/m0../s1. The van der Waals surface area contributed by atoms with Gasteiger partial charge in [-0.05, 0) is 88.4 Å². The summed E-state index contributed by atoms with van der Waals surface area (Å²) in [4.78, 5) is 15.9. The number of rotatable bonds is 6. The van der Waals surface area contributed by atoms with Gasteiger partial charge in [0.05, 0.1) is 19.9 Å². The van der Waals surface area contributed by atoms with E-state index >= 15 is 0 Å². The molecular weight excluding hydrogens is 461 g/mol. The van der Waals surface area contributed by atoms with Crippen LogP contribution < -0.4 is 16.5 Å². The lowest BCUT2D eigenvalue weighted by atomic mass is 9.76. The molecule has 5 fully saturated rings. The number of likely N-dealkylation sites (tertiary alicyclic amines) is 1. The summed E-state index contributed by atoms with van der Waals surface area (Å²) in [5, 5.41) is 12.9. The van der Waals surface area contributed by atoms with Crippen LogP contribution in [0.1, 0.15) is 105 Å². The number of aliphatic hydroxyl groups is 1. The van der Waals surface area contributed by atoms with Gasteiger partial charge in [0, 0.05) is 43.7 Å². The van der Waals surface area contributed by atoms with E-state index in [1.54, 1.807) is 0 Å². The van der Waals surface area contributed by atoms with Gasteiger partial charge < -0.3 is 21.1 Å². The number of aliphatic hydroxyl groups excluding tert-OH is 1. The maximum atomic E-state index is 13.7. The first-order valence-electron chi connectivity index (χ1n) is 15.6. The molecule has 212 valence electrons. The summed E-state index contributed by atoms with van der Waals surface area (Å²) < 4.78 is 0. The Bertz CT molecular complexity index is 687. The molecule has 7 nitrogen and oxygen atoms in total. The number of nitrogens with one attached hydrogen (secondary N) is 2. The van der Waals surface area contributed by atoms with Crippen LogP contribution in [-0.2, 0) is 4.79 Å². The number of piperidine rings is 2. The van der Waals surface area contributed by atoms with Gasteiger partial charge in [-0.3, -0.25) is 10.2 Å². The Morgan fingerprint density at radius 1 is 0.973 bits per heavy atom. The van der Waals surface area contributed by atoms with Crippen molar-refractivity contribution < 1.29 is 9.90 Å². The van der Waals surface area contributed by atoms with Gasteiger partial charge in [-0.15, -0.1) is 0 Å². The molecule has 3 heterocycles. The highest BCUT2D eigenvalue weighted by Crippen LogP contribution is 2.46. The van der Waals surface area contributed by atoms with Crippen LogP contribution in [0.4, 0.5) is 0 Å². The second kappa shape index (κ2) is 14.6. The SMILES string of the molecule is CC.CO.[B]C1CCC(C(=O)N2CCC3C(C(CCC)NN3C3CCC(C4CC4)CC3)[C@@H]2CC)C(N)N1. The van der Waals surface area contributed by atoms with E-state index in [0.717, 1.165) is 51.2 Å². The van der Waals surface area contributed by atoms with E-state index in [4.69, 9.17) is 18.7 Å². The second-order valence-electron chi connectivity index (χ2n) is 11.8. The molecule has 0 aromatic heterocycles. The lowest BCUT2D eigenvalue weighted by Gasteiger charge is -2.48. The van der Waals surface area contributed by atoms with E-state index < -0.39 is 0 Å². The van der Waals surface area contributed by atoms with E-state index in [2.05, 4.69) is 34.5 Å². The quantitative estimate of drug-likeness (QED) is 0.404. The number of carbonyl (C=O) groups excluding carboxylic acids is 1.